The van der Waals surface area contributed by atoms with E-state index in [1.807, 2.05) is 0 Å². The third-order valence-corrected chi connectivity index (χ3v) is 8.40. The Kier molecular flexibility index (Phi) is 14.8. The van der Waals surface area contributed by atoms with E-state index in [0.29, 0.717) is 30.2 Å². The van der Waals surface area contributed by atoms with Crippen LogP contribution in [0.5, 0.6) is 0 Å². The summed E-state index contributed by atoms with van der Waals surface area (Å²) < 4.78 is 24.0. The minimum Gasteiger partial charge on any atom is -0.467 e. The summed E-state index contributed by atoms with van der Waals surface area (Å²) in [6.07, 6.45) is -5.84. The number of aliphatic hydroxyl groups is 4. The lowest BCUT2D eigenvalue weighted by atomic mass is 9.83. The van der Waals surface area contributed by atoms with Crippen molar-refractivity contribution in [2.45, 2.75) is 99.1 Å². The Labute approximate surface area is 273 Å². The van der Waals surface area contributed by atoms with Crippen LogP contribution in [0.3, 0.4) is 0 Å². The van der Waals surface area contributed by atoms with Gasteiger partial charge in [0, 0.05) is 12.6 Å². The van der Waals surface area contributed by atoms with E-state index in [1.54, 1.807) is 13.1 Å². The molecule has 2 unspecified atom stereocenters. The van der Waals surface area contributed by atoms with Crippen molar-refractivity contribution >= 4 is 12.0 Å². The van der Waals surface area contributed by atoms with E-state index in [2.05, 4.69) is 20.9 Å². The van der Waals surface area contributed by atoms with Crippen LogP contribution in [0.4, 0.5) is 4.79 Å². The first-order chi connectivity index (χ1) is 22.2. The molecule has 20 nitrogen and oxygen atoms in total. The summed E-state index contributed by atoms with van der Waals surface area (Å²) in [6.45, 7) is 1.53. The number of hydrogen-bond donors (Lipinski definition) is 13. The Balaban J connectivity index is 1.83. The molecule has 0 radical (unpaired) electrons. The smallest absolute Gasteiger partial charge is 0.341 e. The van der Waals surface area contributed by atoms with Gasteiger partial charge in [-0.05, 0) is 45.9 Å². The fourth-order valence-corrected chi connectivity index (χ4v) is 5.89. The highest BCUT2D eigenvalue weighted by molar-refractivity contribution is 5.76. The van der Waals surface area contributed by atoms with E-state index in [0.717, 1.165) is 0 Å². The molecule has 12 atom stereocenters. The summed E-state index contributed by atoms with van der Waals surface area (Å²) >= 11 is 0. The number of amides is 2. The number of carbonyl (C=O) groups is 1. The standard InChI is InChI=1S/C27H54N10O10/c1-27(42)12-44-24(19(40)22(27)33-2)47-21-17(36-26(41)37(43)8-7-34-25(31)32)9-15(30)20(18(21)39)46-23-16(4-3-14(10-29)45-23)35-11-13(38)5-6-28/h3,13,15-24,33,35,38-40,42-43H,4-12,28-30H2,1-2H3,(H,36,41)(H4,31,32,34)/t13?,15-,16+,17+,18-,19+,20?,21-,22+,23+,24+,27-/m0/s1. The normalized spacial score (nSPS) is 36.5. The topological polar surface area (TPSA) is 337 Å². The van der Waals surface area contributed by atoms with Crippen molar-refractivity contribution in [3.05, 3.63) is 11.8 Å². The van der Waals surface area contributed by atoms with Gasteiger partial charge in [0.1, 0.15) is 35.8 Å². The van der Waals surface area contributed by atoms with Crippen molar-refractivity contribution in [3.8, 4) is 0 Å². The Morgan fingerprint density at radius 1 is 1.19 bits per heavy atom. The van der Waals surface area contributed by atoms with Gasteiger partial charge in [-0.15, -0.1) is 0 Å². The molecular weight excluding hydrogens is 624 g/mol. The van der Waals surface area contributed by atoms with Crippen molar-refractivity contribution in [1.29, 1.82) is 0 Å². The first-order valence-corrected chi connectivity index (χ1v) is 15.7. The molecule has 0 aromatic rings. The van der Waals surface area contributed by atoms with E-state index in [1.165, 1.54) is 6.92 Å². The number of nitrogens with two attached hydrogens (primary N) is 5. The highest BCUT2D eigenvalue weighted by Gasteiger charge is 2.52. The van der Waals surface area contributed by atoms with E-state index in [9.17, 15) is 30.4 Å². The van der Waals surface area contributed by atoms with Gasteiger partial charge in [-0.2, -0.15) is 0 Å². The molecule has 3 rings (SSSR count). The lowest BCUT2D eigenvalue weighted by Gasteiger charge is -2.49. The maximum Gasteiger partial charge on any atom is 0.341 e. The number of aliphatic hydroxyl groups excluding tert-OH is 3. The number of hydroxylamine groups is 2. The van der Waals surface area contributed by atoms with Crippen LogP contribution in [-0.4, -0.2) is 162 Å². The Morgan fingerprint density at radius 3 is 2.53 bits per heavy atom. The summed E-state index contributed by atoms with van der Waals surface area (Å²) in [4.78, 5) is 16.6. The first kappa shape index (κ1) is 39.0. The quantitative estimate of drug-likeness (QED) is 0.0332. The number of carbonyl (C=O) groups excluding carboxylic acids is 1. The van der Waals surface area contributed by atoms with Crippen LogP contribution >= 0.6 is 0 Å². The minimum absolute atomic E-state index is 0.0184. The zero-order chi connectivity index (χ0) is 34.9. The molecule has 18 N–H and O–H groups in total. The van der Waals surface area contributed by atoms with Crippen molar-refractivity contribution in [3.63, 3.8) is 0 Å². The maximum atomic E-state index is 12.9. The highest BCUT2D eigenvalue weighted by Crippen LogP contribution is 2.32. The van der Waals surface area contributed by atoms with Gasteiger partial charge in [0.15, 0.2) is 12.2 Å². The minimum atomic E-state index is -1.54. The van der Waals surface area contributed by atoms with Gasteiger partial charge in [0.05, 0.1) is 50.5 Å². The van der Waals surface area contributed by atoms with Crippen LogP contribution < -0.4 is 44.6 Å². The third kappa shape index (κ3) is 10.5. The molecule has 1 saturated carbocycles. The third-order valence-electron chi connectivity index (χ3n) is 8.40. The van der Waals surface area contributed by atoms with E-state index < -0.39 is 78.9 Å². The van der Waals surface area contributed by atoms with Gasteiger partial charge in [-0.25, -0.2) is 9.86 Å². The summed E-state index contributed by atoms with van der Waals surface area (Å²) in [6, 6.07) is -4.21. The Morgan fingerprint density at radius 2 is 1.89 bits per heavy atom. The number of aliphatic imine (C=N–C) groups is 1. The maximum absolute atomic E-state index is 12.9. The molecule has 1 aliphatic carbocycles. The molecule has 3 aliphatic rings. The molecular formula is C27H54N10O10. The van der Waals surface area contributed by atoms with Gasteiger partial charge in [0.2, 0.25) is 6.29 Å². The van der Waals surface area contributed by atoms with Gasteiger partial charge in [-0.1, -0.05) is 0 Å². The number of rotatable bonds is 15. The summed E-state index contributed by atoms with van der Waals surface area (Å²) in [7, 11) is 1.55. The first-order valence-electron chi connectivity index (χ1n) is 15.7. The molecule has 0 aromatic heterocycles. The van der Waals surface area contributed by atoms with Crippen molar-refractivity contribution in [1.82, 2.24) is 21.0 Å². The average molecular weight is 679 g/mol. The summed E-state index contributed by atoms with van der Waals surface area (Å²) in [5, 5.41) is 62.9. The number of guanidine groups is 1. The van der Waals surface area contributed by atoms with Gasteiger partial charge in [-0.3, -0.25) is 10.2 Å². The Bertz CT molecular complexity index is 1050. The molecule has 1 saturated heterocycles. The number of urea groups is 1. The second kappa shape index (κ2) is 17.8. The zero-order valence-corrected chi connectivity index (χ0v) is 26.9. The van der Waals surface area contributed by atoms with Crippen LogP contribution in [0.15, 0.2) is 16.8 Å². The largest absolute Gasteiger partial charge is 0.467 e. The fraction of sp³-hybridized carbons (Fsp3) is 0.852. The molecule has 0 aromatic carbocycles. The summed E-state index contributed by atoms with van der Waals surface area (Å²) in [5.74, 6) is 0.241. The lowest BCUT2D eigenvalue weighted by Crippen LogP contribution is -2.69. The molecule has 0 spiro atoms. The van der Waals surface area contributed by atoms with E-state index in [-0.39, 0.29) is 45.2 Å². The average Bonchev–Trinajstić information content (AvgIpc) is 3.01. The monoisotopic (exact) mass is 678 g/mol. The van der Waals surface area contributed by atoms with Crippen molar-refractivity contribution in [2.24, 2.45) is 33.7 Å². The van der Waals surface area contributed by atoms with Crippen LogP contribution in [0.2, 0.25) is 0 Å². The predicted octanol–water partition coefficient (Wildman–Crippen LogP) is -5.80. The van der Waals surface area contributed by atoms with E-state index >= 15 is 0 Å². The summed E-state index contributed by atoms with van der Waals surface area (Å²) in [5.41, 5.74) is 27.0. The molecule has 20 heteroatoms. The van der Waals surface area contributed by atoms with Crippen molar-refractivity contribution < 1.29 is 49.4 Å². The molecule has 2 fully saturated rings. The fourth-order valence-electron chi connectivity index (χ4n) is 5.89. The van der Waals surface area contributed by atoms with Gasteiger partial charge >= 0.3 is 6.03 Å². The van der Waals surface area contributed by atoms with Crippen LogP contribution in [0.25, 0.3) is 0 Å². The molecule has 2 amide bonds. The number of nitrogens with zero attached hydrogens (tertiary/aromatic N) is 2. The molecule has 272 valence electrons. The second-order valence-electron chi connectivity index (χ2n) is 12.2. The van der Waals surface area contributed by atoms with Crippen molar-refractivity contribution in [2.75, 3.05) is 46.4 Å². The Hall–Kier alpha value is -2.44. The SMILES string of the molecule is CN[C@@H]1[C@@H](O)[C@@H](O[C@H]2[C@H](NC(=O)N(O)CCN=C(N)N)C[C@H](N)C(O[C@H]3OC(CN)=CC[C@H]3NCC(O)CCN)[C@@H]2O)OC[C@]1(C)O. The van der Waals surface area contributed by atoms with Gasteiger partial charge < -0.3 is 84.0 Å². The molecule has 0 bridgehead atoms. The predicted molar refractivity (Wildman–Crippen MR) is 167 cm³/mol. The number of ether oxygens (including phenoxy) is 4. The molecule has 2 aliphatic heterocycles. The number of nitrogens with one attached hydrogen (secondary N) is 3. The van der Waals surface area contributed by atoms with Crippen LogP contribution in [0.1, 0.15) is 26.2 Å². The highest BCUT2D eigenvalue weighted by atomic mass is 16.7. The number of likely N-dealkylation sites (N-methyl/N-ethyl adjacent to an activating group) is 1. The zero-order valence-electron chi connectivity index (χ0n) is 26.9. The second-order valence-corrected chi connectivity index (χ2v) is 12.2. The van der Waals surface area contributed by atoms with E-state index in [4.69, 9.17) is 47.6 Å². The van der Waals surface area contributed by atoms with Gasteiger partial charge in [0.25, 0.3) is 0 Å². The van der Waals surface area contributed by atoms with Crippen LogP contribution in [0, 0.1) is 0 Å². The lowest BCUT2D eigenvalue weighted by molar-refractivity contribution is -0.304. The number of hydrogen-bond acceptors (Lipinski definition) is 16. The van der Waals surface area contributed by atoms with Crippen LogP contribution in [-0.2, 0) is 18.9 Å². The molecule has 47 heavy (non-hydrogen) atoms. The molecule has 2 heterocycles.